The van der Waals surface area contributed by atoms with Crippen LogP contribution in [0.5, 0.6) is 0 Å². The molecular formula is C19H22FN2O+. The predicted molar refractivity (Wildman–Crippen MR) is 87.6 cm³/mol. The Hall–Kier alpha value is -2.20. The predicted octanol–water partition coefficient (Wildman–Crippen LogP) is 1.93. The third kappa shape index (κ3) is 4.17. The second-order valence-electron chi connectivity index (χ2n) is 6.09. The summed E-state index contributed by atoms with van der Waals surface area (Å²) < 4.78 is 12.9. The van der Waals surface area contributed by atoms with E-state index < -0.39 is 0 Å². The smallest absolute Gasteiger partial charge is 0.251 e. The fourth-order valence-corrected chi connectivity index (χ4v) is 3.10. The van der Waals surface area contributed by atoms with E-state index in [0.717, 1.165) is 12.1 Å². The summed E-state index contributed by atoms with van der Waals surface area (Å²) >= 11 is 0. The molecule has 1 aliphatic heterocycles. The lowest BCUT2D eigenvalue weighted by Gasteiger charge is -2.15. The van der Waals surface area contributed by atoms with Gasteiger partial charge in [0.25, 0.3) is 5.91 Å². The molecule has 1 amide bonds. The number of benzene rings is 2. The molecule has 0 spiro atoms. The van der Waals surface area contributed by atoms with Crippen molar-refractivity contribution in [1.82, 2.24) is 5.32 Å². The van der Waals surface area contributed by atoms with Crippen LogP contribution in [-0.4, -0.2) is 19.0 Å². The summed E-state index contributed by atoms with van der Waals surface area (Å²) in [5, 5.41) is 2.93. The third-order valence-electron chi connectivity index (χ3n) is 4.42. The molecule has 0 unspecified atom stereocenters. The normalized spacial score (nSPS) is 14.8. The van der Waals surface area contributed by atoms with Crippen LogP contribution < -0.4 is 10.2 Å². The highest BCUT2D eigenvalue weighted by atomic mass is 19.1. The first-order chi connectivity index (χ1) is 11.2. The van der Waals surface area contributed by atoms with E-state index >= 15 is 0 Å². The number of quaternary nitrogens is 1. The maximum absolute atomic E-state index is 12.9. The molecule has 0 bridgehead atoms. The molecule has 2 aromatic rings. The number of rotatable bonds is 5. The Morgan fingerprint density at radius 1 is 1.00 bits per heavy atom. The van der Waals surface area contributed by atoms with E-state index in [0.29, 0.717) is 12.1 Å². The zero-order valence-electron chi connectivity index (χ0n) is 13.1. The number of carbonyl (C=O) groups excluding carboxylic acids is 1. The first kappa shape index (κ1) is 15.7. The van der Waals surface area contributed by atoms with E-state index in [2.05, 4.69) is 23.5 Å². The molecule has 0 atom stereocenters. The molecule has 120 valence electrons. The van der Waals surface area contributed by atoms with Gasteiger partial charge in [0.2, 0.25) is 0 Å². The number of hydrogen-bond acceptors (Lipinski definition) is 1. The molecule has 1 saturated heterocycles. The van der Waals surface area contributed by atoms with Crippen LogP contribution in [0.1, 0.15) is 34.3 Å². The minimum absolute atomic E-state index is 0.173. The van der Waals surface area contributed by atoms with E-state index in [1.807, 2.05) is 6.07 Å². The first-order valence-corrected chi connectivity index (χ1v) is 8.16. The minimum Gasteiger partial charge on any atom is -0.348 e. The molecule has 3 nitrogen and oxygen atoms in total. The molecule has 4 heteroatoms. The Bertz CT molecular complexity index is 663. The van der Waals surface area contributed by atoms with E-state index in [4.69, 9.17) is 0 Å². The lowest BCUT2D eigenvalue weighted by molar-refractivity contribution is -0.901. The highest BCUT2D eigenvalue weighted by molar-refractivity contribution is 5.94. The van der Waals surface area contributed by atoms with Crippen LogP contribution >= 0.6 is 0 Å². The van der Waals surface area contributed by atoms with Crippen molar-refractivity contribution in [3.63, 3.8) is 0 Å². The number of carbonyl (C=O) groups is 1. The van der Waals surface area contributed by atoms with E-state index in [1.54, 1.807) is 4.90 Å². The number of likely N-dealkylation sites (tertiary alicyclic amines) is 1. The molecule has 1 fully saturated rings. The molecule has 1 heterocycles. The molecule has 1 aliphatic rings. The van der Waals surface area contributed by atoms with Crippen LogP contribution in [0.4, 0.5) is 4.39 Å². The number of halogens is 1. The largest absolute Gasteiger partial charge is 0.348 e. The van der Waals surface area contributed by atoms with Gasteiger partial charge in [-0.25, -0.2) is 4.39 Å². The Morgan fingerprint density at radius 3 is 2.35 bits per heavy atom. The van der Waals surface area contributed by atoms with Gasteiger partial charge in [-0.1, -0.05) is 24.3 Å². The molecule has 0 aromatic heterocycles. The maximum atomic E-state index is 12.9. The van der Waals surface area contributed by atoms with Gasteiger partial charge in [-0.15, -0.1) is 0 Å². The summed E-state index contributed by atoms with van der Waals surface area (Å²) in [4.78, 5) is 13.8. The van der Waals surface area contributed by atoms with Gasteiger partial charge in [0.15, 0.2) is 0 Å². The number of amides is 1. The van der Waals surface area contributed by atoms with E-state index in [9.17, 15) is 9.18 Å². The molecule has 2 N–H and O–H groups in total. The number of nitrogens with one attached hydrogen (secondary N) is 2. The molecule has 23 heavy (non-hydrogen) atoms. The van der Waals surface area contributed by atoms with E-state index in [-0.39, 0.29) is 11.7 Å². The summed E-state index contributed by atoms with van der Waals surface area (Å²) in [5.41, 5.74) is 2.93. The highest BCUT2D eigenvalue weighted by Crippen LogP contribution is 2.09. The van der Waals surface area contributed by atoms with Gasteiger partial charge in [-0.3, -0.25) is 4.79 Å². The summed E-state index contributed by atoms with van der Waals surface area (Å²) in [6.07, 6.45) is 2.61. The zero-order valence-corrected chi connectivity index (χ0v) is 13.1. The van der Waals surface area contributed by atoms with Crippen LogP contribution in [0.2, 0.25) is 0 Å². The second-order valence-corrected chi connectivity index (χ2v) is 6.09. The summed E-state index contributed by atoms with van der Waals surface area (Å²) in [6.45, 7) is 3.98. The summed E-state index contributed by atoms with van der Waals surface area (Å²) in [5.74, 6) is -0.506. The van der Waals surface area contributed by atoms with Gasteiger partial charge < -0.3 is 10.2 Å². The van der Waals surface area contributed by atoms with Crippen molar-refractivity contribution in [1.29, 1.82) is 0 Å². The van der Waals surface area contributed by atoms with Crippen molar-refractivity contribution in [2.24, 2.45) is 0 Å². The average molecular weight is 313 g/mol. The highest BCUT2D eigenvalue weighted by Gasteiger charge is 2.17. The van der Waals surface area contributed by atoms with Crippen LogP contribution in [0.25, 0.3) is 0 Å². The van der Waals surface area contributed by atoms with Gasteiger partial charge in [0.05, 0.1) is 13.1 Å². The molecular weight excluding hydrogens is 291 g/mol. The fraction of sp³-hybridized carbons (Fsp3) is 0.316. The lowest BCUT2D eigenvalue weighted by atomic mass is 10.1. The Balaban J connectivity index is 1.63. The topological polar surface area (TPSA) is 33.5 Å². The zero-order chi connectivity index (χ0) is 16.1. The van der Waals surface area contributed by atoms with Crippen LogP contribution in [0, 0.1) is 5.82 Å². The van der Waals surface area contributed by atoms with Gasteiger partial charge in [-0.05, 0) is 29.8 Å². The van der Waals surface area contributed by atoms with Crippen molar-refractivity contribution < 1.29 is 14.1 Å². The molecule has 0 aliphatic carbocycles. The minimum atomic E-state index is -0.333. The Labute approximate surface area is 136 Å². The summed E-state index contributed by atoms with van der Waals surface area (Å²) in [7, 11) is 0. The van der Waals surface area contributed by atoms with Gasteiger partial charge in [0, 0.05) is 30.5 Å². The SMILES string of the molecule is O=C(NCc1ccccc1C[NH+]1CCCC1)c1ccc(F)cc1. The van der Waals surface area contributed by atoms with Gasteiger partial charge in [0.1, 0.15) is 12.4 Å². The van der Waals surface area contributed by atoms with Crippen molar-refractivity contribution in [2.75, 3.05) is 13.1 Å². The Morgan fingerprint density at radius 2 is 1.65 bits per heavy atom. The van der Waals surface area contributed by atoms with Crippen LogP contribution in [0.3, 0.4) is 0 Å². The second kappa shape index (κ2) is 7.38. The Kier molecular flexibility index (Phi) is 5.03. The molecule has 0 radical (unpaired) electrons. The molecule has 3 rings (SSSR count). The quantitative estimate of drug-likeness (QED) is 0.869. The lowest BCUT2D eigenvalue weighted by Crippen LogP contribution is -3.08. The molecule has 2 aromatic carbocycles. The van der Waals surface area contributed by atoms with Crippen molar-refractivity contribution >= 4 is 5.91 Å². The fourth-order valence-electron chi connectivity index (χ4n) is 3.10. The van der Waals surface area contributed by atoms with Crippen LogP contribution in [-0.2, 0) is 13.1 Å². The average Bonchev–Trinajstić information content (AvgIpc) is 3.07. The third-order valence-corrected chi connectivity index (χ3v) is 4.42. The van der Waals surface area contributed by atoms with E-state index in [1.165, 1.54) is 55.8 Å². The van der Waals surface area contributed by atoms with Gasteiger partial charge in [-0.2, -0.15) is 0 Å². The monoisotopic (exact) mass is 313 g/mol. The standard InChI is InChI=1S/C19H21FN2O/c20-18-9-7-15(8-10-18)19(23)21-13-16-5-1-2-6-17(16)14-22-11-3-4-12-22/h1-2,5-10H,3-4,11-14H2,(H,21,23)/p+1. The number of hydrogen-bond donors (Lipinski definition) is 2. The molecule has 0 saturated carbocycles. The van der Waals surface area contributed by atoms with Gasteiger partial charge >= 0.3 is 0 Å². The van der Waals surface area contributed by atoms with Crippen molar-refractivity contribution in [2.45, 2.75) is 25.9 Å². The first-order valence-electron chi connectivity index (χ1n) is 8.16. The van der Waals surface area contributed by atoms with Crippen molar-refractivity contribution in [3.8, 4) is 0 Å². The summed E-state index contributed by atoms with van der Waals surface area (Å²) in [6, 6.07) is 13.9. The van der Waals surface area contributed by atoms with Crippen molar-refractivity contribution in [3.05, 3.63) is 71.0 Å². The van der Waals surface area contributed by atoms with Crippen LogP contribution in [0.15, 0.2) is 48.5 Å². The maximum Gasteiger partial charge on any atom is 0.251 e.